The Morgan fingerprint density at radius 3 is 2.58 bits per heavy atom. The summed E-state index contributed by atoms with van der Waals surface area (Å²) < 4.78 is 11.4. The smallest absolute Gasteiger partial charge is 0.321 e. The Morgan fingerprint density at radius 1 is 1.15 bits per heavy atom. The number of amides is 2. The maximum absolute atomic E-state index is 12.7. The Bertz CT molecular complexity index is 797. The quantitative estimate of drug-likeness (QED) is 0.865. The van der Waals surface area contributed by atoms with E-state index >= 15 is 0 Å². The van der Waals surface area contributed by atoms with Crippen LogP contribution in [0.2, 0.25) is 0 Å². The summed E-state index contributed by atoms with van der Waals surface area (Å²) in [5.41, 5.74) is 0.757. The van der Waals surface area contributed by atoms with Crippen molar-refractivity contribution < 1.29 is 14.3 Å². The van der Waals surface area contributed by atoms with Gasteiger partial charge in [-0.25, -0.2) is 4.79 Å². The molecule has 1 unspecified atom stereocenters. The third kappa shape index (κ3) is 3.75. The summed E-state index contributed by atoms with van der Waals surface area (Å²) in [6.07, 6.45) is 1.06. The van der Waals surface area contributed by atoms with Gasteiger partial charge in [-0.3, -0.25) is 0 Å². The van der Waals surface area contributed by atoms with E-state index in [0.717, 1.165) is 40.7 Å². The lowest BCUT2D eigenvalue weighted by molar-refractivity contribution is 0.171. The Hall–Kier alpha value is -2.34. The molecule has 0 aromatic heterocycles. The summed E-state index contributed by atoms with van der Waals surface area (Å²) in [6.45, 7) is 4.85. The van der Waals surface area contributed by atoms with E-state index in [9.17, 15) is 4.79 Å². The van der Waals surface area contributed by atoms with Crippen molar-refractivity contribution >= 4 is 23.5 Å². The minimum Gasteiger partial charge on any atom is -0.486 e. The molecule has 4 rings (SSSR count). The van der Waals surface area contributed by atoms with Gasteiger partial charge in [0.2, 0.25) is 0 Å². The second-order valence-corrected chi connectivity index (χ2v) is 7.79. The molecule has 1 saturated heterocycles. The van der Waals surface area contributed by atoms with Gasteiger partial charge < -0.3 is 19.7 Å². The molecule has 26 heavy (non-hydrogen) atoms. The largest absolute Gasteiger partial charge is 0.486 e. The SMILES string of the molecule is CC1CCN(C(=O)Nc2cc3c(cc2Sc2ccccc2)OCCO3)C1. The zero-order chi connectivity index (χ0) is 17.9. The molecular weight excluding hydrogens is 348 g/mol. The Kier molecular flexibility index (Phi) is 4.93. The Balaban J connectivity index is 1.61. The van der Waals surface area contributed by atoms with E-state index in [1.54, 1.807) is 11.8 Å². The summed E-state index contributed by atoms with van der Waals surface area (Å²) in [6, 6.07) is 13.9. The first-order chi connectivity index (χ1) is 12.7. The molecule has 0 aliphatic carbocycles. The first kappa shape index (κ1) is 17.1. The van der Waals surface area contributed by atoms with Crippen LogP contribution in [0.15, 0.2) is 52.3 Å². The fraction of sp³-hybridized carbons (Fsp3) is 0.350. The van der Waals surface area contributed by atoms with Crippen LogP contribution in [0.4, 0.5) is 10.5 Å². The van der Waals surface area contributed by atoms with E-state index < -0.39 is 0 Å². The normalized spacial score (nSPS) is 18.7. The number of carbonyl (C=O) groups excluding carboxylic acids is 1. The zero-order valence-corrected chi connectivity index (χ0v) is 15.6. The lowest BCUT2D eigenvalue weighted by Crippen LogP contribution is -2.33. The second-order valence-electron chi connectivity index (χ2n) is 6.68. The van der Waals surface area contributed by atoms with E-state index in [-0.39, 0.29) is 6.03 Å². The van der Waals surface area contributed by atoms with Crippen molar-refractivity contribution in [2.45, 2.75) is 23.1 Å². The fourth-order valence-electron chi connectivity index (χ4n) is 3.18. The van der Waals surface area contributed by atoms with E-state index in [1.807, 2.05) is 35.2 Å². The molecule has 5 nitrogen and oxygen atoms in total. The summed E-state index contributed by atoms with van der Waals surface area (Å²) in [4.78, 5) is 16.6. The summed E-state index contributed by atoms with van der Waals surface area (Å²) >= 11 is 1.60. The van der Waals surface area contributed by atoms with Gasteiger partial charge in [-0.15, -0.1) is 0 Å². The predicted molar refractivity (Wildman–Crippen MR) is 102 cm³/mol. The van der Waals surface area contributed by atoms with Crippen molar-refractivity contribution in [1.29, 1.82) is 0 Å². The van der Waals surface area contributed by atoms with Crippen LogP contribution in [0.25, 0.3) is 0 Å². The third-order valence-electron chi connectivity index (χ3n) is 4.57. The van der Waals surface area contributed by atoms with Crippen LogP contribution in [0.3, 0.4) is 0 Å². The van der Waals surface area contributed by atoms with Crippen LogP contribution >= 0.6 is 11.8 Å². The molecule has 2 aliphatic rings. The summed E-state index contributed by atoms with van der Waals surface area (Å²) in [5.74, 6) is 1.96. The molecular formula is C20H22N2O3S. The highest BCUT2D eigenvalue weighted by Gasteiger charge is 2.25. The van der Waals surface area contributed by atoms with Crippen molar-refractivity contribution in [3.8, 4) is 11.5 Å². The number of fused-ring (bicyclic) bond motifs is 1. The molecule has 2 amide bonds. The molecule has 1 atom stereocenters. The van der Waals surface area contributed by atoms with Gasteiger partial charge in [0.25, 0.3) is 0 Å². The van der Waals surface area contributed by atoms with Gasteiger partial charge in [-0.2, -0.15) is 0 Å². The Labute approximate surface area is 157 Å². The molecule has 136 valence electrons. The van der Waals surface area contributed by atoms with Crippen molar-refractivity contribution in [3.63, 3.8) is 0 Å². The van der Waals surface area contributed by atoms with Gasteiger partial charge in [0.05, 0.1) is 5.69 Å². The highest BCUT2D eigenvalue weighted by atomic mass is 32.2. The van der Waals surface area contributed by atoms with Crippen LogP contribution in [-0.2, 0) is 0 Å². The van der Waals surface area contributed by atoms with Gasteiger partial charge in [0, 0.05) is 35.0 Å². The number of hydrogen-bond donors (Lipinski definition) is 1. The maximum atomic E-state index is 12.7. The van der Waals surface area contributed by atoms with Gasteiger partial charge in [-0.1, -0.05) is 36.9 Å². The molecule has 0 spiro atoms. The van der Waals surface area contributed by atoms with Crippen molar-refractivity contribution in [3.05, 3.63) is 42.5 Å². The van der Waals surface area contributed by atoms with E-state index in [1.165, 1.54) is 0 Å². The summed E-state index contributed by atoms with van der Waals surface area (Å²) in [7, 11) is 0. The van der Waals surface area contributed by atoms with E-state index in [2.05, 4.69) is 24.4 Å². The second kappa shape index (κ2) is 7.50. The summed E-state index contributed by atoms with van der Waals surface area (Å²) in [5, 5.41) is 3.07. The monoisotopic (exact) mass is 370 g/mol. The molecule has 0 radical (unpaired) electrons. The van der Waals surface area contributed by atoms with Gasteiger partial charge in [-0.05, 0) is 24.5 Å². The standard InChI is InChI=1S/C20H22N2O3S/c1-14-7-8-22(13-14)20(23)21-16-11-17-18(25-10-9-24-17)12-19(16)26-15-5-3-2-4-6-15/h2-6,11-12,14H,7-10,13H2,1H3,(H,21,23). The van der Waals surface area contributed by atoms with Crippen molar-refractivity contribution in [1.82, 2.24) is 4.90 Å². The number of hydrogen-bond acceptors (Lipinski definition) is 4. The van der Waals surface area contributed by atoms with E-state index in [0.29, 0.717) is 24.9 Å². The first-order valence-electron chi connectivity index (χ1n) is 8.91. The number of anilines is 1. The number of benzene rings is 2. The van der Waals surface area contributed by atoms with E-state index in [4.69, 9.17) is 9.47 Å². The highest BCUT2D eigenvalue weighted by molar-refractivity contribution is 7.99. The van der Waals surface area contributed by atoms with Gasteiger partial charge >= 0.3 is 6.03 Å². The fourth-order valence-corrected chi connectivity index (χ4v) is 4.11. The van der Waals surface area contributed by atoms with Crippen LogP contribution < -0.4 is 14.8 Å². The third-order valence-corrected chi connectivity index (χ3v) is 5.63. The number of urea groups is 1. The predicted octanol–water partition coefficient (Wildman–Crippen LogP) is 4.48. The molecule has 1 N–H and O–H groups in total. The van der Waals surface area contributed by atoms with Crippen LogP contribution in [-0.4, -0.2) is 37.2 Å². The van der Waals surface area contributed by atoms with Gasteiger partial charge in [0.15, 0.2) is 11.5 Å². The molecule has 0 saturated carbocycles. The van der Waals surface area contributed by atoms with Crippen molar-refractivity contribution in [2.24, 2.45) is 5.92 Å². The van der Waals surface area contributed by atoms with Crippen LogP contribution in [0.5, 0.6) is 11.5 Å². The molecule has 2 aromatic carbocycles. The van der Waals surface area contributed by atoms with Gasteiger partial charge in [0.1, 0.15) is 13.2 Å². The number of ether oxygens (including phenoxy) is 2. The minimum absolute atomic E-state index is 0.0547. The number of carbonyl (C=O) groups is 1. The molecule has 2 aromatic rings. The van der Waals surface area contributed by atoms with Crippen LogP contribution in [0, 0.1) is 5.92 Å². The lowest BCUT2D eigenvalue weighted by atomic mass is 10.2. The number of nitrogens with one attached hydrogen (secondary N) is 1. The number of nitrogens with zero attached hydrogens (tertiary/aromatic N) is 1. The molecule has 2 heterocycles. The highest BCUT2D eigenvalue weighted by Crippen LogP contribution is 2.42. The number of likely N-dealkylation sites (tertiary alicyclic amines) is 1. The maximum Gasteiger partial charge on any atom is 0.321 e. The van der Waals surface area contributed by atoms with Crippen molar-refractivity contribution in [2.75, 3.05) is 31.6 Å². The number of rotatable bonds is 3. The Morgan fingerprint density at radius 2 is 1.88 bits per heavy atom. The molecule has 2 aliphatic heterocycles. The lowest BCUT2D eigenvalue weighted by Gasteiger charge is -2.23. The van der Waals surface area contributed by atoms with Crippen LogP contribution in [0.1, 0.15) is 13.3 Å². The molecule has 6 heteroatoms. The average Bonchev–Trinajstić information content (AvgIpc) is 3.09. The molecule has 1 fully saturated rings. The topological polar surface area (TPSA) is 50.8 Å². The zero-order valence-electron chi connectivity index (χ0n) is 14.7. The minimum atomic E-state index is -0.0547. The first-order valence-corrected chi connectivity index (χ1v) is 9.73. The molecule has 0 bridgehead atoms. The average molecular weight is 370 g/mol.